The molecule has 0 radical (unpaired) electrons. The molecule has 0 aromatic carbocycles. The first-order valence-electron chi connectivity index (χ1n) is 1.64. The molecule has 0 aromatic heterocycles. The Hall–Kier alpha value is 4.78. The molecule has 2 atom stereocenters. The van der Waals surface area contributed by atoms with Crippen LogP contribution in [-0.2, 0) is 29.0 Å². The van der Waals surface area contributed by atoms with Gasteiger partial charge in [-0.1, -0.05) is 4.57 Å². The van der Waals surface area contributed by atoms with Gasteiger partial charge in [-0.3, -0.25) is 0 Å². The van der Waals surface area contributed by atoms with E-state index in [1.54, 1.807) is 0 Å². The Labute approximate surface area is 249 Å². The average molecular weight is 476 g/mol. The maximum absolute atomic E-state index is 9.24. The van der Waals surface area contributed by atoms with E-state index in [9.17, 15) is 18.9 Å². The molecule has 24 heavy (non-hydrogen) atoms. The summed E-state index contributed by atoms with van der Waals surface area (Å²) in [6, 6.07) is 0. The third kappa shape index (κ3) is 231. The van der Waals surface area contributed by atoms with Gasteiger partial charge in [0.15, 0.2) is 0 Å². The number of rotatable bonds is 2. The summed E-state index contributed by atoms with van der Waals surface area (Å²) in [5.74, 6) is 0. The van der Waals surface area contributed by atoms with E-state index in [0.717, 1.165) is 0 Å². The second-order valence-electron chi connectivity index (χ2n) is 0.752. The van der Waals surface area contributed by atoms with Crippen molar-refractivity contribution in [2.75, 3.05) is 0 Å². The molecule has 16 nitrogen and oxygen atoms in total. The van der Waals surface area contributed by atoms with Crippen LogP contribution in [0.2, 0.25) is 0 Å². The van der Waals surface area contributed by atoms with Gasteiger partial charge in [0.2, 0.25) is 0 Å². The van der Waals surface area contributed by atoms with Gasteiger partial charge in [-0.05, 0) is 9.13 Å². The molecule has 0 aliphatic heterocycles. The Balaban J connectivity index is -0.00000000348. The first-order valence-corrected chi connectivity index (χ1v) is 4.93. The van der Waals surface area contributed by atoms with Crippen LogP contribution in [0.1, 0.15) is 0 Å². The van der Waals surface area contributed by atoms with Crippen molar-refractivity contribution in [3.8, 4) is 0 Å². The van der Waals surface area contributed by atoms with Gasteiger partial charge in [-0.2, -0.15) is 0 Å². The predicted molar refractivity (Wildman–Crippen MR) is 47.0 cm³/mol. The second-order valence-corrected chi connectivity index (χ2v) is 2.75. The van der Waals surface area contributed by atoms with Crippen LogP contribution < -0.4 is 167 Å². The summed E-state index contributed by atoms with van der Waals surface area (Å²) in [4.78, 5) is 35.4. The molecule has 0 saturated heterocycles. The van der Waals surface area contributed by atoms with Crippen molar-refractivity contribution < 1.29 is 229 Å². The van der Waals surface area contributed by atoms with Crippen molar-refractivity contribution in [3.63, 3.8) is 0 Å². The van der Waals surface area contributed by atoms with Crippen molar-refractivity contribution in [2.45, 2.75) is 0 Å². The Morgan fingerprint density at radius 1 is 0.500 bits per heavy atom. The molecule has 24 heteroatoms. The molecule has 0 saturated carbocycles. The van der Waals surface area contributed by atoms with Crippen LogP contribution >= 0.6 is 24.8 Å². The molecule has 128 valence electrons. The Morgan fingerprint density at radius 2 is 0.583 bits per heavy atom. The minimum Gasteiger partial charge on any atom is -2.00 e. The Morgan fingerprint density at radius 3 is 0.583 bits per heavy atom. The van der Waals surface area contributed by atoms with E-state index < -0.39 is 24.8 Å². The molecule has 0 amide bonds. The first-order chi connectivity index (χ1) is 4.86. The van der Waals surface area contributed by atoms with Crippen LogP contribution in [0.25, 0.3) is 0 Å². The molecule has 0 heterocycles. The quantitative estimate of drug-likeness (QED) is 0.271. The van der Waals surface area contributed by atoms with E-state index in [0.29, 0.717) is 0 Å². The fourth-order valence-corrected chi connectivity index (χ4v) is 0.490. The SMILES string of the molecule is O.O.O.O.O.O.O=[P+]([O-])O[P+](=O)[O-].O=[P+]([O-])[O-].[Na+].[Na+].[Na+].[Na+].[Na+].[O-2].[O-2]. The van der Waals surface area contributed by atoms with E-state index >= 15 is 0 Å². The molecule has 0 bridgehead atoms. The molecule has 0 rings (SSSR count). The molecule has 0 fully saturated rings. The summed E-state index contributed by atoms with van der Waals surface area (Å²) < 4.78 is 30.1. The van der Waals surface area contributed by atoms with Crippen LogP contribution in [0.4, 0.5) is 0 Å². The minimum atomic E-state index is -3.37. The summed E-state index contributed by atoms with van der Waals surface area (Å²) in [7, 11) is -9.84. The van der Waals surface area contributed by atoms with Crippen LogP contribution in [0, 0.1) is 0 Å². The van der Waals surface area contributed by atoms with Gasteiger partial charge in [-0.15, -0.1) is 0 Å². The second kappa shape index (κ2) is 91.2. The van der Waals surface area contributed by atoms with Crippen LogP contribution in [0.15, 0.2) is 0 Å². The zero-order valence-corrected chi connectivity index (χ0v) is 26.1. The molecule has 2 unspecified atom stereocenters. The molecule has 12 N–H and O–H groups in total. The average Bonchev–Trinajstić information content (AvgIpc) is 1.56. The summed E-state index contributed by atoms with van der Waals surface area (Å²) in [5.41, 5.74) is 0. The van der Waals surface area contributed by atoms with Crippen LogP contribution in [-0.4, -0.2) is 32.9 Å². The standard InChI is InChI=1S/5Na.O5P2.HO3P.6H2O.2O/c;;;;;1-6(2)5-7(3)4;1-4(2)3;;;;;;;;/h;;;;;;(H,1,2,3);6*1H2;;/q5*+1;;;;;;;;;2*-2/p-1. The first kappa shape index (κ1) is 117. The monoisotopic (exact) mass is 476 g/mol. The summed E-state index contributed by atoms with van der Waals surface area (Å²) in [6.45, 7) is 0. The maximum atomic E-state index is 9.24. The van der Waals surface area contributed by atoms with Crippen LogP contribution in [0.3, 0.4) is 0 Å². The maximum Gasteiger partial charge on any atom is 1.00 e. The molecule has 0 spiro atoms. The van der Waals surface area contributed by atoms with Crippen LogP contribution in [0.5, 0.6) is 0 Å². The van der Waals surface area contributed by atoms with E-state index in [1.165, 1.54) is 0 Å². The predicted octanol–water partition coefficient (Wildman–Crippen LogP) is -22.8. The number of hydrogen-bond acceptors (Lipinski definition) is 8. The van der Waals surface area contributed by atoms with Gasteiger partial charge in [0.25, 0.3) is 8.25 Å². The smallest absolute Gasteiger partial charge is 1.00 e. The summed E-state index contributed by atoms with van der Waals surface area (Å²) in [5, 5.41) is 0. The fourth-order valence-electron chi connectivity index (χ4n) is 0.0544. The van der Waals surface area contributed by atoms with E-state index in [1.807, 2.05) is 0 Å². The summed E-state index contributed by atoms with van der Waals surface area (Å²) >= 11 is 0. The summed E-state index contributed by atoms with van der Waals surface area (Å²) in [6.07, 6.45) is 0. The van der Waals surface area contributed by atoms with Crippen molar-refractivity contribution in [3.05, 3.63) is 0 Å². The van der Waals surface area contributed by atoms with Crippen molar-refractivity contribution in [1.82, 2.24) is 0 Å². The normalized spacial score (nSPS) is 5.00. The third-order valence-corrected chi connectivity index (χ3v) is 1.20. The van der Waals surface area contributed by atoms with Gasteiger partial charge >= 0.3 is 164 Å². The Bertz CT molecular complexity index is 163. The van der Waals surface area contributed by atoms with Gasteiger partial charge < -0.3 is 63.4 Å². The fraction of sp³-hybridized carbons (Fsp3) is 0. The van der Waals surface area contributed by atoms with Crippen molar-refractivity contribution in [2.24, 2.45) is 0 Å². The van der Waals surface area contributed by atoms with Gasteiger partial charge in [0.05, 0.1) is 0 Å². The van der Waals surface area contributed by atoms with Gasteiger partial charge in [-0.25, -0.2) is 0 Å². The zero-order chi connectivity index (χ0) is 9.44. The Kier molecular flexibility index (Phi) is 444. The minimum absolute atomic E-state index is 0. The van der Waals surface area contributed by atoms with Gasteiger partial charge in [0, 0.05) is 0 Å². The van der Waals surface area contributed by atoms with E-state index in [4.69, 9.17) is 14.4 Å². The molecule has 0 aliphatic rings. The zero-order valence-electron chi connectivity index (χ0n) is 13.4. The molecular formula is H12Na5O16P3. The van der Waals surface area contributed by atoms with Crippen molar-refractivity contribution in [1.29, 1.82) is 0 Å². The topological polar surface area (TPSA) is 399 Å². The van der Waals surface area contributed by atoms with Crippen molar-refractivity contribution >= 4 is 24.8 Å². The van der Waals surface area contributed by atoms with Gasteiger partial charge in [0.1, 0.15) is 4.31 Å². The molecule has 0 aliphatic carbocycles. The van der Waals surface area contributed by atoms with E-state index in [2.05, 4.69) is 4.31 Å². The molecule has 0 aromatic rings. The van der Waals surface area contributed by atoms with E-state index in [-0.39, 0.29) is 192 Å². The number of hydrogen-bond donors (Lipinski definition) is 0. The third-order valence-electron chi connectivity index (χ3n) is 0.133. The largest absolute Gasteiger partial charge is 2.00 e. The molecular weight excluding hydrogens is 464 g/mol.